The van der Waals surface area contributed by atoms with Crippen LogP contribution in [0.15, 0.2) is 42.5 Å². The van der Waals surface area contributed by atoms with Crippen LogP contribution in [0.2, 0.25) is 0 Å². The van der Waals surface area contributed by atoms with E-state index in [0.29, 0.717) is 0 Å². The number of benzene rings is 2. The van der Waals surface area contributed by atoms with Gasteiger partial charge in [0.15, 0.2) is 0 Å². The van der Waals surface area contributed by atoms with Gasteiger partial charge < -0.3 is 10.3 Å². The second-order valence-corrected chi connectivity index (χ2v) is 3.85. The molecule has 2 N–H and O–H groups in total. The van der Waals surface area contributed by atoms with Gasteiger partial charge in [-0.1, -0.05) is 18.2 Å². The van der Waals surface area contributed by atoms with Gasteiger partial charge in [-0.2, -0.15) is 0 Å². The predicted octanol–water partition coefficient (Wildman–Crippen LogP) is 2.91. The number of hydrogen-bond donors (Lipinski definition) is 1. The van der Waals surface area contributed by atoms with Gasteiger partial charge in [-0.05, 0) is 24.3 Å². The van der Waals surface area contributed by atoms with Crippen LogP contribution in [0.5, 0.6) is 0 Å². The van der Waals surface area contributed by atoms with Gasteiger partial charge in [0.25, 0.3) is 0 Å². The third-order valence-corrected chi connectivity index (χ3v) is 2.94. The number of anilines is 1. The Bertz CT molecular complexity index is 650. The number of nitrogen functional groups attached to an aromatic ring is 1. The highest BCUT2D eigenvalue weighted by atomic mass is 14.9. The molecule has 3 rings (SSSR count). The van der Waals surface area contributed by atoms with Crippen LogP contribution in [0.25, 0.3) is 21.8 Å². The van der Waals surface area contributed by atoms with E-state index in [1.807, 2.05) is 12.1 Å². The topological polar surface area (TPSA) is 30.9 Å². The van der Waals surface area contributed by atoms with E-state index in [4.69, 9.17) is 5.73 Å². The number of aryl methyl sites for hydroxylation is 1. The first-order chi connectivity index (χ1) is 7.27. The van der Waals surface area contributed by atoms with Gasteiger partial charge in [0.2, 0.25) is 0 Å². The maximum Gasteiger partial charge on any atom is 0.0490 e. The van der Waals surface area contributed by atoms with Gasteiger partial charge in [-0.15, -0.1) is 0 Å². The highest BCUT2D eigenvalue weighted by molar-refractivity contribution is 6.08. The largest absolute Gasteiger partial charge is 0.399 e. The quantitative estimate of drug-likeness (QED) is 0.551. The maximum atomic E-state index is 5.81. The van der Waals surface area contributed by atoms with E-state index in [-0.39, 0.29) is 0 Å². The van der Waals surface area contributed by atoms with Crippen LogP contribution in [-0.4, -0.2) is 4.57 Å². The highest BCUT2D eigenvalue weighted by Crippen LogP contribution is 2.28. The summed E-state index contributed by atoms with van der Waals surface area (Å²) in [5.74, 6) is 0. The molecule has 2 heteroatoms. The summed E-state index contributed by atoms with van der Waals surface area (Å²) in [7, 11) is 2.08. The molecule has 2 nitrogen and oxygen atoms in total. The lowest BCUT2D eigenvalue weighted by Crippen LogP contribution is -1.87. The monoisotopic (exact) mass is 196 g/mol. The average molecular weight is 196 g/mol. The molecule has 15 heavy (non-hydrogen) atoms. The average Bonchev–Trinajstić information content (AvgIpc) is 2.54. The molecule has 0 aliphatic heterocycles. The van der Waals surface area contributed by atoms with Gasteiger partial charge in [0.05, 0.1) is 0 Å². The highest BCUT2D eigenvalue weighted by Gasteiger charge is 2.06. The summed E-state index contributed by atoms with van der Waals surface area (Å²) in [6.07, 6.45) is 0. The first-order valence-corrected chi connectivity index (χ1v) is 5.00. The van der Waals surface area contributed by atoms with E-state index in [9.17, 15) is 0 Å². The number of para-hydroxylation sites is 1. The van der Waals surface area contributed by atoms with Crippen molar-refractivity contribution in [1.29, 1.82) is 0 Å². The van der Waals surface area contributed by atoms with Crippen molar-refractivity contribution in [2.24, 2.45) is 7.05 Å². The lowest BCUT2D eigenvalue weighted by atomic mass is 10.1. The van der Waals surface area contributed by atoms with E-state index in [2.05, 4.69) is 41.9 Å². The Hall–Kier alpha value is -1.96. The predicted molar refractivity (Wildman–Crippen MR) is 64.8 cm³/mol. The number of nitrogens with two attached hydrogens (primary N) is 1. The van der Waals surface area contributed by atoms with Crippen LogP contribution < -0.4 is 5.73 Å². The Labute approximate surface area is 87.9 Å². The Kier molecular flexibility index (Phi) is 1.54. The van der Waals surface area contributed by atoms with Crippen molar-refractivity contribution in [3.05, 3.63) is 42.5 Å². The number of aromatic nitrogens is 1. The molecule has 0 amide bonds. The van der Waals surface area contributed by atoms with E-state index in [0.717, 1.165) is 5.69 Å². The van der Waals surface area contributed by atoms with Gasteiger partial charge in [0, 0.05) is 34.5 Å². The molecule has 0 aliphatic rings. The molecule has 0 fully saturated rings. The summed E-state index contributed by atoms with van der Waals surface area (Å²) in [6.45, 7) is 0. The number of hydrogen-bond acceptors (Lipinski definition) is 1. The molecule has 0 unspecified atom stereocenters. The van der Waals surface area contributed by atoms with Crippen molar-refractivity contribution in [2.75, 3.05) is 5.73 Å². The maximum absolute atomic E-state index is 5.81. The van der Waals surface area contributed by atoms with Crippen LogP contribution in [0.3, 0.4) is 0 Å². The number of nitrogens with zero attached hydrogens (tertiary/aromatic N) is 1. The van der Waals surface area contributed by atoms with E-state index in [1.165, 1.54) is 21.8 Å². The third kappa shape index (κ3) is 1.05. The molecule has 0 aliphatic carbocycles. The second-order valence-electron chi connectivity index (χ2n) is 3.85. The summed E-state index contributed by atoms with van der Waals surface area (Å²) in [6, 6.07) is 14.4. The minimum Gasteiger partial charge on any atom is -0.399 e. The van der Waals surface area contributed by atoms with Crippen molar-refractivity contribution < 1.29 is 0 Å². The van der Waals surface area contributed by atoms with Crippen LogP contribution in [0, 0.1) is 0 Å². The fourth-order valence-electron chi connectivity index (χ4n) is 2.19. The molecular weight excluding hydrogens is 184 g/mol. The Morgan fingerprint density at radius 3 is 2.53 bits per heavy atom. The van der Waals surface area contributed by atoms with Gasteiger partial charge in [0.1, 0.15) is 0 Å². The minimum atomic E-state index is 0.818. The Morgan fingerprint density at radius 2 is 1.67 bits per heavy atom. The number of fused-ring (bicyclic) bond motifs is 3. The Balaban J connectivity index is 2.64. The molecule has 0 saturated heterocycles. The van der Waals surface area contributed by atoms with E-state index < -0.39 is 0 Å². The second kappa shape index (κ2) is 2.76. The molecular formula is C13H12N2. The Morgan fingerprint density at radius 1 is 0.933 bits per heavy atom. The summed E-state index contributed by atoms with van der Waals surface area (Å²) in [5, 5.41) is 2.50. The van der Waals surface area contributed by atoms with Gasteiger partial charge in [-0.3, -0.25) is 0 Å². The summed E-state index contributed by atoms with van der Waals surface area (Å²) >= 11 is 0. The third-order valence-electron chi connectivity index (χ3n) is 2.94. The zero-order chi connectivity index (χ0) is 10.4. The van der Waals surface area contributed by atoms with Crippen LogP contribution in [0.1, 0.15) is 0 Å². The molecule has 0 radical (unpaired) electrons. The number of rotatable bonds is 0. The smallest absolute Gasteiger partial charge is 0.0490 e. The minimum absolute atomic E-state index is 0.818. The van der Waals surface area contributed by atoms with E-state index in [1.54, 1.807) is 0 Å². The fourth-order valence-corrected chi connectivity index (χ4v) is 2.19. The summed E-state index contributed by atoms with van der Waals surface area (Å²) in [5.41, 5.74) is 9.11. The standard InChI is InChI=1S/C13H12N2/c1-15-12-5-3-2-4-10(12)11-8-9(14)6-7-13(11)15/h2-8H,14H2,1H3. The zero-order valence-electron chi connectivity index (χ0n) is 8.57. The lowest BCUT2D eigenvalue weighted by Gasteiger charge is -1.97. The van der Waals surface area contributed by atoms with Crippen LogP contribution >= 0.6 is 0 Å². The molecule has 2 aromatic carbocycles. The van der Waals surface area contributed by atoms with Gasteiger partial charge >= 0.3 is 0 Å². The van der Waals surface area contributed by atoms with Crippen molar-refractivity contribution >= 4 is 27.5 Å². The molecule has 1 heterocycles. The SMILES string of the molecule is Cn1c2ccccc2c2cc(N)ccc21. The first-order valence-electron chi connectivity index (χ1n) is 5.00. The first kappa shape index (κ1) is 8.36. The molecule has 74 valence electrons. The van der Waals surface area contributed by atoms with Crippen LogP contribution in [-0.2, 0) is 7.05 Å². The van der Waals surface area contributed by atoms with Crippen molar-refractivity contribution in [3.63, 3.8) is 0 Å². The van der Waals surface area contributed by atoms with Crippen molar-refractivity contribution in [3.8, 4) is 0 Å². The summed E-state index contributed by atoms with van der Waals surface area (Å²) < 4.78 is 2.20. The molecule has 0 spiro atoms. The fraction of sp³-hybridized carbons (Fsp3) is 0.0769. The molecule has 3 aromatic rings. The molecule has 0 atom stereocenters. The van der Waals surface area contributed by atoms with Crippen molar-refractivity contribution in [2.45, 2.75) is 0 Å². The summed E-state index contributed by atoms with van der Waals surface area (Å²) in [4.78, 5) is 0. The molecule has 1 aromatic heterocycles. The zero-order valence-corrected chi connectivity index (χ0v) is 8.57. The molecule has 0 saturated carbocycles. The van der Waals surface area contributed by atoms with E-state index >= 15 is 0 Å². The lowest BCUT2D eigenvalue weighted by molar-refractivity contribution is 1.01. The molecule has 0 bridgehead atoms. The normalized spacial score (nSPS) is 11.3. The van der Waals surface area contributed by atoms with Crippen LogP contribution in [0.4, 0.5) is 5.69 Å². The van der Waals surface area contributed by atoms with Gasteiger partial charge in [-0.25, -0.2) is 0 Å². The van der Waals surface area contributed by atoms with Crippen molar-refractivity contribution in [1.82, 2.24) is 4.57 Å².